The molecule has 0 heterocycles. The van der Waals surface area contributed by atoms with Crippen LogP contribution in [0.1, 0.15) is 17.5 Å². The highest BCUT2D eigenvalue weighted by Gasteiger charge is 2.22. The summed E-state index contributed by atoms with van der Waals surface area (Å²) >= 11 is 0. The van der Waals surface area contributed by atoms with Gasteiger partial charge in [0.15, 0.2) is 0 Å². The fraction of sp³-hybridized carbons (Fsp3) is 0.357. The average molecular weight is 231 g/mol. The van der Waals surface area contributed by atoms with Crippen LogP contribution in [0.2, 0.25) is 0 Å². The highest BCUT2D eigenvalue weighted by molar-refractivity contribution is 5.81. The molecule has 2 rings (SSSR count). The number of rotatable bonds is 4. The SMILES string of the molecule is CN[C@H](CC1=CCc2ccccc21)C(=O)OC. The number of nitrogens with one attached hydrogen (secondary N) is 1. The van der Waals surface area contributed by atoms with Crippen molar-refractivity contribution in [3.8, 4) is 0 Å². The van der Waals surface area contributed by atoms with Crippen LogP contribution in [0.25, 0.3) is 5.57 Å². The molecule has 1 atom stereocenters. The smallest absolute Gasteiger partial charge is 0.323 e. The van der Waals surface area contributed by atoms with E-state index in [1.807, 2.05) is 12.1 Å². The predicted molar refractivity (Wildman–Crippen MR) is 67.6 cm³/mol. The van der Waals surface area contributed by atoms with Crippen LogP contribution in [-0.2, 0) is 16.0 Å². The Labute approximate surface area is 101 Å². The zero-order chi connectivity index (χ0) is 12.3. The van der Waals surface area contributed by atoms with Gasteiger partial charge in [-0.1, -0.05) is 30.3 Å². The predicted octanol–water partition coefficient (Wildman–Crippen LogP) is 1.78. The van der Waals surface area contributed by atoms with Crippen molar-refractivity contribution in [3.05, 3.63) is 41.5 Å². The molecule has 0 bridgehead atoms. The van der Waals surface area contributed by atoms with Crippen molar-refractivity contribution in [2.75, 3.05) is 14.2 Å². The lowest BCUT2D eigenvalue weighted by molar-refractivity contribution is -0.142. The number of allylic oxidation sites excluding steroid dienone is 1. The number of methoxy groups -OCH3 is 1. The molecule has 90 valence electrons. The molecule has 17 heavy (non-hydrogen) atoms. The van der Waals surface area contributed by atoms with Crippen LogP contribution < -0.4 is 5.32 Å². The molecule has 0 radical (unpaired) electrons. The quantitative estimate of drug-likeness (QED) is 0.803. The monoisotopic (exact) mass is 231 g/mol. The van der Waals surface area contributed by atoms with Gasteiger partial charge in [0.05, 0.1) is 7.11 Å². The van der Waals surface area contributed by atoms with E-state index in [2.05, 4.69) is 23.5 Å². The van der Waals surface area contributed by atoms with Gasteiger partial charge in [-0.2, -0.15) is 0 Å². The Hall–Kier alpha value is -1.61. The van der Waals surface area contributed by atoms with E-state index in [1.54, 1.807) is 7.05 Å². The number of hydrogen-bond acceptors (Lipinski definition) is 3. The summed E-state index contributed by atoms with van der Waals surface area (Å²) in [5.74, 6) is -0.210. The Balaban J connectivity index is 2.13. The van der Waals surface area contributed by atoms with E-state index in [4.69, 9.17) is 4.74 Å². The lowest BCUT2D eigenvalue weighted by Crippen LogP contribution is -2.35. The maximum atomic E-state index is 11.5. The van der Waals surface area contributed by atoms with Crippen LogP contribution in [0.5, 0.6) is 0 Å². The Bertz CT molecular complexity index is 451. The standard InChI is InChI=1S/C14H17NO2/c1-15-13(14(16)17-2)9-11-8-7-10-5-3-4-6-12(10)11/h3-6,8,13,15H,7,9H2,1-2H3/t13-/m1/s1. The summed E-state index contributed by atoms with van der Waals surface area (Å²) in [6.45, 7) is 0. The molecule has 1 aliphatic carbocycles. The van der Waals surface area contributed by atoms with Crippen molar-refractivity contribution in [2.24, 2.45) is 0 Å². The molecule has 1 N–H and O–H groups in total. The number of esters is 1. The van der Waals surface area contributed by atoms with Gasteiger partial charge in [-0.25, -0.2) is 0 Å². The molecular weight excluding hydrogens is 214 g/mol. The third kappa shape index (κ3) is 2.39. The van der Waals surface area contributed by atoms with Crippen LogP contribution >= 0.6 is 0 Å². The molecule has 0 fully saturated rings. The van der Waals surface area contributed by atoms with Crippen LogP contribution in [0.3, 0.4) is 0 Å². The number of carbonyl (C=O) groups excluding carboxylic acids is 1. The molecule has 0 unspecified atom stereocenters. The second kappa shape index (κ2) is 5.15. The number of fused-ring (bicyclic) bond motifs is 1. The van der Waals surface area contributed by atoms with Gasteiger partial charge in [0.2, 0.25) is 0 Å². The normalized spacial score (nSPS) is 15.1. The van der Waals surface area contributed by atoms with Crippen LogP contribution in [0.4, 0.5) is 0 Å². The van der Waals surface area contributed by atoms with Crippen molar-refractivity contribution in [1.29, 1.82) is 0 Å². The maximum Gasteiger partial charge on any atom is 0.323 e. The minimum absolute atomic E-state index is 0.210. The van der Waals surface area contributed by atoms with Gasteiger partial charge >= 0.3 is 5.97 Å². The van der Waals surface area contributed by atoms with Crippen molar-refractivity contribution in [3.63, 3.8) is 0 Å². The molecule has 0 amide bonds. The number of hydrogen-bond donors (Lipinski definition) is 1. The summed E-state index contributed by atoms with van der Waals surface area (Å²) in [5.41, 5.74) is 3.82. The second-order valence-electron chi connectivity index (χ2n) is 4.16. The van der Waals surface area contributed by atoms with Gasteiger partial charge in [0, 0.05) is 0 Å². The first kappa shape index (κ1) is 11.9. The summed E-state index contributed by atoms with van der Waals surface area (Å²) in [6.07, 6.45) is 3.83. The molecule has 0 saturated carbocycles. The second-order valence-corrected chi connectivity index (χ2v) is 4.16. The molecular formula is C14H17NO2. The zero-order valence-electron chi connectivity index (χ0n) is 10.2. The highest BCUT2D eigenvalue weighted by atomic mass is 16.5. The van der Waals surface area contributed by atoms with E-state index in [0.717, 1.165) is 6.42 Å². The summed E-state index contributed by atoms with van der Waals surface area (Å²) < 4.78 is 4.77. The molecule has 3 heteroatoms. The number of benzene rings is 1. The van der Waals surface area contributed by atoms with E-state index in [-0.39, 0.29) is 12.0 Å². The van der Waals surface area contributed by atoms with E-state index < -0.39 is 0 Å². The number of ether oxygens (including phenoxy) is 1. The van der Waals surface area contributed by atoms with E-state index in [1.165, 1.54) is 23.8 Å². The van der Waals surface area contributed by atoms with Crippen molar-refractivity contribution >= 4 is 11.5 Å². The molecule has 0 spiro atoms. The lowest BCUT2D eigenvalue weighted by atomic mass is 10.00. The lowest BCUT2D eigenvalue weighted by Gasteiger charge is -2.15. The molecule has 1 aromatic carbocycles. The number of carbonyl (C=O) groups is 1. The fourth-order valence-electron chi connectivity index (χ4n) is 2.21. The Morgan fingerprint density at radius 3 is 2.94 bits per heavy atom. The van der Waals surface area contributed by atoms with Crippen LogP contribution in [-0.4, -0.2) is 26.2 Å². The van der Waals surface area contributed by atoms with Gasteiger partial charge in [-0.05, 0) is 36.6 Å². The van der Waals surface area contributed by atoms with Gasteiger partial charge in [0.1, 0.15) is 6.04 Å². The first-order chi connectivity index (χ1) is 8.26. The molecule has 0 saturated heterocycles. The van der Waals surface area contributed by atoms with Gasteiger partial charge < -0.3 is 10.1 Å². The Kier molecular flexibility index (Phi) is 3.59. The molecule has 0 aliphatic heterocycles. The van der Waals surface area contributed by atoms with E-state index in [9.17, 15) is 4.79 Å². The topological polar surface area (TPSA) is 38.3 Å². The minimum atomic E-state index is -0.266. The Morgan fingerprint density at radius 1 is 1.47 bits per heavy atom. The van der Waals surface area contributed by atoms with Gasteiger partial charge in [0.25, 0.3) is 0 Å². The number of likely N-dealkylation sites (N-methyl/N-ethyl adjacent to an activating group) is 1. The minimum Gasteiger partial charge on any atom is -0.468 e. The molecule has 0 aromatic heterocycles. The van der Waals surface area contributed by atoms with Gasteiger partial charge in [-0.15, -0.1) is 0 Å². The molecule has 1 aliphatic rings. The first-order valence-electron chi connectivity index (χ1n) is 5.78. The van der Waals surface area contributed by atoms with Crippen molar-refractivity contribution in [1.82, 2.24) is 5.32 Å². The van der Waals surface area contributed by atoms with Crippen LogP contribution in [0.15, 0.2) is 30.3 Å². The summed E-state index contributed by atoms with van der Waals surface area (Å²) in [4.78, 5) is 11.5. The first-order valence-corrected chi connectivity index (χ1v) is 5.78. The third-order valence-corrected chi connectivity index (χ3v) is 3.19. The Morgan fingerprint density at radius 2 is 2.24 bits per heavy atom. The average Bonchev–Trinajstić information content (AvgIpc) is 2.78. The molecule has 1 aromatic rings. The summed E-state index contributed by atoms with van der Waals surface area (Å²) in [6, 6.07) is 8.05. The van der Waals surface area contributed by atoms with Crippen molar-refractivity contribution < 1.29 is 9.53 Å². The summed E-state index contributed by atoms with van der Waals surface area (Å²) in [7, 11) is 3.20. The van der Waals surface area contributed by atoms with E-state index >= 15 is 0 Å². The fourth-order valence-corrected chi connectivity index (χ4v) is 2.21. The van der Waals surface area contributed by atoms with Gasteiger partial charge in [-0.3, -0.25) is 4.79 Å². The molecule has 3 nitrogen and oxygen atoms in total. The van der Waals surface area contributed by atoms with E-state index in [0.29, 0.717) is 6.42 Å². The summed E-state index contributed by atoms with van der Waals surface area (Å²) in [5, 5.41) is 3.00. The van der Waals surface area contributed by atoms with Crippen LogP contribution in [0, 0.1) is 0 Å². The van der Waals surface area contributed by atoms with Crippen molar-refractivity contribution in [2.45, 2.75) is 18.9 Å². The highest BCUT2D eigenvalue weighted by Crippen LogP contribution is 2.30. The maximum absolute atomic E-state index is 11.5. The zero-order valence-corrected chi connectivity index (χ0v) is 10.2. The third-order valence-electron chi connectivity index (χ3n) is 3.19. The largest absolute Gasteiger partial charge is 0.468 e.